The van der Waals surface area contributed by atoms with Crippen LogP contribution in [0.3, 0.4) is 0 Å². The van der Waals surface area contributed by atoms with Gasteiger partial charge in [0.1, 0.15) is 0 Å². The van der Waals surface area contributed by atoms with Crippen molar-refractivity contribution in [3.8, 4) is 0 Å². The number of rotatable bonds is 2. The number of ether oxygens (including phenoxy) is 1. The molecule has 0 radical (unpaired) electrons. The molecule has 0 amide bonds. The zero-order valence-corrected chi connectivity index (χ0v) is 11.5. The third-order valence-electron chi connectivity index (χ3n) is 4.47. The Hall–Kier alpha value is -0.0800. The van der Waals surface area contributed by atoms with Crippen LogP contribution in [0.4, 0.5) is 0 Å². The van der Waals surface area contributed by atoms with E-state index in [1.54, 1.807) is 0 Å². The minimum atomic E-state index is 0.402. The molecule has 2 nitrogen and oxygen atoms in total. The average molecular weight is 225 g/mol. The predicted molar refractivity (Wildman–Crippen MR) is 67.6 cm³/mol. The maximum Gasteiger partial charge on any atom is 0.0678 e. The lowest BCUT2D eigenvalue weighted by atomic mass is 9.77. The van der Waals surface area contributed by atoms with E-state index in [2.05, 4.69) is 39.5 Å². The largest absolute Gasteiger partial charge is 0.373 e. The highest BCUT2D eigenvalue weighted by atomic mass is 16.5. The van der Waals surface area contributed by atoms with Crippen LogP contribution in [0, 0.1) is 10.8 Å². The fourth-order valence-electron chi connectivity index (χ4n) is 3.14. The molecule has 2 aliphatic rings. The van der Waals surface area contributed by atoms with Crippen molar-refractivity contribution in [1.82, 2.24) is 4.90 Å². The second-order valence-electron chi connectivity index (χ2n) is 6.98. The van der Waals surface area contributed by atoms with Crippen molar-refractivity contribution in [2.45, 2.75) is 59.7 Å². The second-order valence-corrected chi connectivity index (χ2v) is 6.98. The van der Waals surface area contributed by atoms with E-state index < -0.39 is 0 Å². The molecule has 0 unspecified atom stereocenters. The summed E-state index contributed by atoms with van der Waals surface area (Å²) in [7, 11) is 0. The van der Waals surface area contributed by atoms with Gasteiger partial charge in [0.15, 0.2) is 0 Å². The maximum atomic E-state index is 5.80. The highest BCUT2D eigenvalue weighted by Gasteiger charge is 2.52. The predicted octanol–water partition coefficient (Wildman–Crippen LogP) is 2.92. The van der Waals surface area contributed by atoms with Crippen molar-refractivity contribution >= 4 is 0 Å². The molecular formula is C14H27NO. The Balaban J connectivity index is 1.95. The summed E-state index contributed by atoms with van der Waals surface area (Å²) in [6.07, 6.45) is 3.63. The molecule has 0 aromatic heterocycles. The van der Waals surface area contributed by atoms with Crippen LogP contribution in [-0.2, 0) is 4.74 Å². The van der Waals surface area contributed by atoms with Gasteiger partial charge in [0, 0.05) is 19.6 Å². The van der Waals surface area contributed by atoms with Gasteiger partial charge in [-0.1, -0.05) is 20.8 Å². The SMILES string of the molecule is C[C@@H]1CN(CC2(C(C)(C)C)CC2)C[C@H](C)O1. The third-order valence-corrected chi connectivity index (χ3v) is 4.47. The molecule has 0 aromatic carbocycles. The summed E-state index contributed by atoms with van der Waals surface area (Å²) in [5, 5.41) is 0. The topological polar surface area (TPSA) is 12.5 Å². The minimum Gasteiger partial charge on any atom is -0.373 e. The lowest BCUT2D eigenvalue weighted by molar-refractivity contribution is -0.0773. The number of hydrogen-bond donors (Lipinski definition) is 0. The standard InChI is InChI=1S/C14H27NO/c1-11-8-15(9-12(2)16-11)10-14(6-7-14)13(3,4)5/h11-12H,6-10H2,1-5H3/t11-,12+. The minimum absolute atomic E-state index is 0.402. The lowest BCUT2D eigenvalue weighted by Gasteiger charge is -2.41. The summed E-state index contributed by atoms with van der Waals surface area (Å²) < 4.78 is 5.80. The molecule has 0 bridgehead atoms. The second kappa shape index (κ2) is 3.99. The molecule has 0 N–H and O–H groups in total. The molecule has 1 heterocycles. The van der Waals surface area contributed by atoms with Crippen LogP contribution in [-0.4, -0.2) is 36.7 Å². The summed E-state index contributed by atoms with van der Waals surface area (Å²) in [5.41, 5.74) is 1.04. The molecule has 1 aliphatic heterocycles. The Morgan fingerprint density at radius 1 is 1.12 bits per heavy atom. The Bertz CT molecular complexity index is 242. The van der Waals surface area contributed by atoms with Crippen molar-refractivity contribution in [3.05, 3.63) is 0 Å². The van der Waals surface area contributed by atoms with Crippen molar-refractivity contribution in [2.24, 2.45) is 10.8 Å². The number of nitrogens with zero attached hydrogens (tertiary/aromatic N) is 1. The fourth-order valence-corrected chi connectivity index (χ4v) is 3.14. The average Bonchev–Trinajstić information content (AvgIpc) is 2.81. The zero-order valence-electron chi connectivity index (χ0n) is 11.5. The first-order valence-electron chi connectivity index (χ1n) is 6.70. The van der Waals surface area contributed by atoms with Crippen LogP contribution in [0.15, 0.2) is 0 Å². The van der Waals surface area contributed by atoms with E-state index in [1.807, 2.05) is 0 Å². The van der Waals surface area contributed by atoms with Crippen molar-refractivity contribution in [3.63, 3.8) is 0 Å². The molecule has 2 rings (SSSR count). The molecule has 0 spiro atoms. The third kappa shape index (κ3) is 2.43. The Kier molecular flexibility index (Phi) is 3.09. The summed E-state index contributed by atoms with van der Waals surface area (Å²) in [6, 6.07) is 0. The van der Waals surface area contributed by atoms with Crippen molar-refractivity contribution in [2.75, 3.05) is 19.6 Å². The lowest BCUT2D eigenvalue weighted by Crippen LogP contribution is -2.49. The molecule has 0 aromatic rings. The van der Waals surface area contributed by atoms with Gasteiger partial charge in [-0.15, -0.1) is 0 Å². The summed E-state index contributed by atoms with van der Waals surface area (Å²) >= 11 is 0. The van der Waals surface area contributed by atoms with Gasteiger partial charge in [0.2, 0.25) is 0 Å². The molecule has 2 fully saturated rings. The molecule has 1 aliphatic carbocycles. The first kappa shape index (κ1) is 12.4. The van der Waals surface area contributed by atoms with Crippen LogP contribution < -0.4 is 0 Å². The Morgan fingerprint density at radius 2 is 1.62 bits per heavy atom. The zero-order chi connectivity index (χ0) is 12.0. The molecule has 94 valence electrons. The van der Waals surface area contributed by atoms with Crippen LogP contribution in [0.2, 0.25) is 0 Å². The molecule has 2 heteroatoms. The maximum absolute atomic E-state index is 5.80. The molecule has 2 atom stereocenters. The molecule has 1 saturated heterocycles. The monoisotopic (exact) mass is 225 g/mol. The van der Waals surface area contributed by atoms with Gasteiger partial charge in [-0.25, -0.2) is 0 Å². The number of hydrogen-bond acceptors (Lipinski definition) is 2. The fraction of sp³-hybridized carbons (Fsp3) is 1.00. The quantitative estimate of drug-likeness (QED) is 0.716. The van der Waals surface area contributed by atoms with Crippen LogP contribution in [0.5, 0.6) is 0 Å². The highest BCUT2D eigenvalue weighted by molar-refractivity contribution is 5.03. The van der Waals surface area contributed by atoms with Gasteiger partial charge < -0.3 is 4.74 Å². The summed E-state index contributed by atoms with van der Waals surface area (Å²) in [4.78, 5) is 2.62. The van der Waals surface area contributed by atoms with E-state index >= 15 is 0 Å². The first-order chi connectivity index (χ1) is 7.32. The smallest absolute Gasteiger partial charge is 0.0678 e. The normalized spacial score (nSPS) is 35.1. The van der Waals surface area contributed by atoms with Gasteiger partial charge in [-0.05, 0) is 37.5 Å². The van der Waals surface area contributed by atoms with Gasteiger partial charge in [-0.2, -0.15) is 0 Å². The molecule has 16 heavy (non-hydrogen) atoms. The van der Waals surface area contributed by atoms with Gasteiger partial charge in [0.05, 0.1) is 12.2 Å². The van der Waals surface area contributed by atoms with E-state index in [4.69, 9.17) is 4.74 Å². The highest BCUT2D eigenvalue weighted by Crippen LogP contribution is 2.58. The van der Waals surface area contributed by atoms with Gasteiger partial charge in [-0.3, -0.25) is 4.90 Å². The van der Waals surface area contributed by atoms with E-state index in [0.717, 1.165) is 13.1 Å². The van der Waals surface area contributed by atoms with E-state index in [-0.39, 0.29) is 0 Å². The van der Waals surface area contributed by atoms with Crippen LogP contribution in [0.25, 0.3) is 0 Å². The molecule has 1 saturated carbocycles. The van der Waals surface area contributed by atoms with Gasteiger partial charge >= 0.3 is 0 Å². The number of morpholine rings is 1. The first-order valence-corrected chi connectivity index (χ1v) is 6.70. The van der Waals surface area contributed by atoms with Gasteiger partial charge in [0.25, 0.3) is 0 Å². The summed E-state index contributed by atoms with van der Waals surface area (Å²) in [5.74, 6) is 0. The van der Waals surface area contributed by atoms with Crippen molar-refractivity contribution in [1.29, 1.82) is 0 Å². The van der Waals surface area contributed by atoms with E-state index in [9.17, 15) is 0 Å². The van der Waals surface area contributed by atoms with Crippen LogP contribution in [0.1, 0.15) is 47.5 Å². The van der Waals surface area contributed by atoms with E-state index in [1.165, 1.54) is 19.4 Å². The van der Waals surface area contributed by atoms with E-state index in [0.29, 0.717) is 23.0 Å². The van der Waals surface area contributed by atoms with Crippen molar-refractivity contribution < 1.29 is 4.74 Å². The Morgan fingerprint density at radius 3 is 2.00 bits per heavy atom. The Labute approximate surface area is 100 Å². The van der Waals surface area contributed by atoms with Crippen LogP contribution >= 0.6 is 0 Å². The summed E-state index contributed by atoms with van der Waals surface area (Å²) in [6.45, 7) is 15.1. The molecular weight excluding hydrogens is 198 g/mol.